The van der Waals surface area contributed by atoms with E-state index >= 15 is 0 Å². The molecule has 1 amide bonds. The van der Waals surface area contributed by atoms with Gasteiger partial charge in [0.1, 0.15) is 5.82 Å². The van der Waals surface area contributed by atoms with E-state index in [0.29, 0.717) is 28.4 Å². The Balaban J connectivity index is 1.88. The zero-order valence-electron chi connectivity index (χ0n) is 13.1. The first-order valence-electron chi connectivity index (χ1n) is 7.60. The molecule has 0 unspecified atom stereocenters. The molecule has 1 aliphatic rings. The Labute approximate surface area is 159 Å². The molecule has 0 saturated carbocycles. The minimum atomic E-state index is -3.59. The topological polar surface area (TPSA) is 79.4 Å². The van der Waals surface area contributed by atoms with Crippen molar-refractivity contribution >= 4 is 49.3 Å². The lowest BCUT2D eigenvalue weighted by Crippen LogP contribution is -2.28. The van der Waals surface area contributed by atoms with E-state index in [-0.39, 0.29) is 10.5 Å². The van der Waals surface area contributed by atoms with Crippen LogP contribution in [0.15, 0.2) is 45.9 Å². The summed E-state index contributed by atoms with van der Waals surface area (Å²) in [6.45, 7) is 1.02. The Morgan fingerprint density at radius 2 is 1.92 bits per heavy atom. The van der Waals surface area contributed by atoms with Gasteiger partial charge in [-0.3, -0.25) is 4.79 Å². The number of halogens is 2. The van der Waals surface area contributed by atoms with E-state index in [1.807, 2.05) is 0 Å². The highest BCUT2D eigenvalue weighted by molar-refractivity contribution is 9.10. The van der Waals surface area contributed by atoms with Gasteiger partial charge in [-0.15, -0.1) is 0 Å². The number of amides is 1. The molecular weight excluding hydrogens is 430 g/mol. The summed E-state index contributed by atoms with van der Waals surface area (Å²) in [5.74, 6) is -0.130. The molecule has 1 aromatic heterocycles. The van der Waals surface area contributed by atoms with E-state index in [2.05, 4.69) is 26.2 Å². The van der Waals surface area contributed by atoms with Crippen molar-refractivity contribution in [3.8, 4) is 0 Å². The first kappa shape index (κ1) is 18.3. The van der Waals surface area contributed by atoms with Gasteiger partial charge in [-0.05, 0) is 59.1 Å². The summed E-state index contributed by atoms with van der Waals surface area (Å²) in [5.41, 5.74) is 0.219. The molecule has 132 valence electrons. The van der Waals surface area contributed by atoms with Gasteiger partial charge in [0.15, 0.2) is 0 Å². The lowest BCUT2D eigenvalue weighted by atomic mass is 10.2. The fourth-order valence-electron chi connectivity index (χ4n) is 2.55. The molecule has 6 nitrogen and oxygen atoms in total. The van der Waals surface area contributed by atoms with E-state index in [0.717, 1.165) is 12.8 Å². The zero-order valence-corrected chi connectivity index (χ0v) is 16.2. The quantitative estimate of drug-likeness (QED) is 0.782. The number of hydrogen-bond acceptors (Lipinski definition) is 4. The van der Waals surface area contributed by atoms with E-state index in [9.17, 15) is 13.2 Å². The number of carbonyl (C=O) groups is 1. The number of hydrogen-bond donors (Lipinski definition) is 1. The minimum Gasteiger partial charge on any atom is -0.307 e. The molecule has 2 heterocycles. The average Bonchev–Trinajstić information content (AvgIpc) is 3.12. The molecule has 1 aliphatic heterocycles. The van der Waals surface area contributed by atoms with E-state index in [4.69, 9.17) is 11.6 Å². The second kappa shape index (κ2) is 7.41. The van der Waals surface area contributed by atoms with Gasteiger partial charge in [0.25, 0.3) is 5.91 Å². The summed E-state index contributed by atoms with van der Waals surface area (Å²) >= 11 is 9.07. The second-order valence-electron chi connectivity index (χ2n) is 5.57. The van der Waals surface area contributed by atoms with Crippen LogP contribution >= 0.6 is 27.5 Å². The van der Waals surface area contributed by atoms with Gasteiger partial charge < -0.3 is 5.32 Å². The second-order valence-corrected chi connectivity index (χ2v) is 8.80. The molecule has 0 spiro atoms. The molecule has 25 heavy (non-hydrogen) atoms. The van der Waals surface area contributed by atoms with Gasteiger partial charge >= 0.3 is 0 Å². The van der Waals surface area contributed by atoms with Crippen LogP contribution < -0.4 is 5.32 Å². The largest absolute Gasteiger partial charge is 0.307 e. The zero-order chi connectivity index (χ0) is 18.0. The van der Waals surface area contributed by atoms with E-state index in [1.54, 1.807) is 18.2 Å². The molecule has 1 aromatic carbocycles. The maximum absolute atomic E-state index is 12.7. The Kier molecular flexibility index (Phi) is 5.43. The Hall–Kier alpha value is -1.48. The lowest BCUT2D eigenvalue weighted by molar-refractivity contribution is 0.102. The number of pyridine rings is 1. The molecule has 1 fully saturated rings. The molecule has 0 bridgehead atoms. The summed E-state index contributed by atoms with van der Waals surface area (Å²) in [6, 6.07) is 7.61. The molecule has 2 aromatic rings. The minimum absolute atomic E-state index is 0.104. The summed E-state index contributed by atoms with van der Waals surface area (Å²) in [6.07, 6.45) is 3.12. The third-order valence-electron chi connectivity index (χ3n) is 3.85. The number of aromatic nitrogens is 1. The number of nitrogens with zero attached hydrogens (tertiary/aromatic N) is 2. The molecule has 0 radical (unpaired) electrons. The smallest absolute Gasteiger partial charge is 0.258 e. The van der Waals surface area contributed by atoms with Crippen molar-refractivity contribution in [3.05, 3.63) is 51.6 Å². The highest BCUT2D eigenvalue weighted by atomic mass is 79.9. The van der Waals surface area contributed by atoms with Crippen LogP contribution in [0.4, 0.5) is 5.82 Å². The van der Waals surface area contributed by atoms with Gasteiger partial charge in [-0.2, -0.15) is 4.31 Å². The molecule has 1 saturated heterocycles. The average molecular weight is 445 g/mol. The number of benzene rings is 1. The highest BCUT2D eigenvalue weighted by Crippen LogP contribution is 2.26. The summed E-state index contributed by atoms with van der Waals surface area (Å²) in [4.78, 5) is 16.6. The van der Waals surface area contributed by atoms with E-state index < -0.39 is 15.9 Å². The maximum atomic E-state index is 12.7. The van der Waals surface area contributed by atoms with E-state index in [1.165, 1.54) is 22.6 Å². The van der Waals surface area contributed by atoms with Gasteiger partial charge in [0.05, 0.1) is 15.5 Å². The molecule has 0 atom stereocenters. The maximum Gasteiger partial charge on any atom is 0.258 e. The third-order valence-corrected chi connectivity index (χ3v) is 6.66. The Morgan fingerprint density at radius 1 is 1.20 bits per heavy atom. The van der Waals surface area contributed by atoms with Crippen molar-refractivity contribution in [2.24, 2.45) is 0 Å². The molecular formula is C16H15BrClN3O3S. The molecule has 0 aliphatic carbocycles. The predicted molar refractivity (Wildman–Crippen MR) is 99.3 cm³/mol. The summed E-state index contributed by atoms with van der Waals surface area (Å²) < 4.78 is 27.3. The number of nitrogens with one attached hydrogen (secondary N) is 1. The van der Waals surface area contributed by atoms with Crippen LogP contribution in [0, 0.1) is 0 Å². The van der Waals surface area contributed by atoms with Gasteiger partial charge in [0, 0.05) is 23.8 Å². The molecule has 9 heteroatoms. The van der Waals surface area contributed by atoms with Crippen LogP contribution in [0.1, 0.15) is 23.2 Å². The van der Waals surface area contributed by atoms with Crippen LogP contribution in [-0.2, 0) is 10.0 Å². The molecule has 1 N–H and O–H groups in total. The predicted octanol–water partition coefficient (Wildman–Crippen LogP) is 3.53. The Bertz CT molecular complexity index is 897. The normalized spacial score (nSPS) is 15.3. The van der Waals surface area contributed by atoms with Crippen molar-refractivity contribution in [2.75, 3.05) is 18.4 Å². The fraction of sp³-hybridized carbons (Fsp3) is 0.250. The summed E-state index contributed by atoms with van der Waals surface area (Å²) in [7, 11) is -3.59. The lowest BCUT2D eigenvalue weighted by Gasteiger charge is -2.16. The Morgan fingerprint density at radius 3 is 2.56 bits per heavy atom. The van der Waals surface area contributed by atoms with Crippen molar-refractivity contribution in [1.82, 2.24) is 9.29 Å². The van der Waals surface area contributed by atoms with Crippen LogP contribution in [0.2, 0.25) is 5.02 Å². The standard InChI is InChI=1S/C16H15BrClN3O3S/c17-14-5-4-12(25(23,24)21-7-1-2-8-21)9-13(14)16(22)20-15-6-3-11(18)10-19-15/h3-6,9-10H,1-2,7-8H2,(H,19,20,22). The van der Waals surface area contributed by atoms with Crippen LogP contribution in [0.5, 0.6) is 0 Å². The SMILES string of the molecule is O=C(Nc1ccc(Cl)cn1)c1cc(S(=O)(=O)N2CCCC2)ccc1Br. The first-order chi connectivity index (χ1) is 11.9. The fourth-order valence-corrected chi connectivity index (χ4v) is 4.63. The first-order valence-corrected chi connectivity index (χ1v) is 10.2. The number of carbonyl (C=O) groups excluding carboxylic acids is 1. The van der Waals surface area contributed by atoms with Crippen LogP contribution in [0.3, 0.4) is 0 Å². The number of sulfonamides is 1. The van der Waals surface area contributed by atoms with Crippen molar-refractivity contribution in [1.29, 1.82) is 0 Å². The van der Waals surface area contributed by atoms with Gasteiger partial charge in [0.2, 0.25) is 10.0 Å². The van der Waals surface area contributed by atoms with Crippen molar-refractivity contribution in [3.63, 3.8) is 0 Å². The number of anilines is 1. The van der Waals surface area contributed by atoms with Gasteiger partial charge in [-0.1, -0.05) is 11.6 Å². The third kappa shape index (κ3) is 4.03. The van der Waals surface area contributed by atoms with Crippen LogP contribution in [-0.4, -0.2) is 36.7 Å². The van der Waals surface area contributed by atoms with Crippen molar-refractivity contribution < 1.29 is 13.2 Å². The van der Waals surface area contributed by atoms with Crippen molar-refractivity contribution in [2.45, 2.75) is 17.7 Å². The van der Waals surface area contributed by atoms with Gasteiger partial charge in [-0.25, -0.2) is 13.4 Å². The summed E-state index contributed by atoms with van der Waals surface area (Å²) in [5, 5.41) is 3.08. The molecule has 3 rings (SSSR count). The monoisotopic (exact) mass is 443 g/mol. The van der Waals surface area contributed by atoms with Crippen LogP contribution in [0.25, 0.3) is 0 Å². The highest BCUT2D eigenvalue weighted by Gasteiger charge is 2.28. The number of rotatable bonds is 4.